The summed E-state index contributed by atoms with van der Waals surface area (Å²) in [5.74, 6) is -0.556. The molecule has 0 aliphatic heterocycles. The molecule has 0 radical (unpaired) electrons. The van der Waals surface area contributed by atoms with Crippen LogP contribution in [0.15, 0.2) is 101 Å². The van der Waals surface area contributed by atoms with Crippen LogP contribution in [0.1, 0.15) is 11.7 Å². The summed E-state index contributed by atoms with van der Waals surface area (Å²) in [7, 11) is 0. The maximum atomic E-state index is 12.9. The standard InChI is InChI=1S/C29H20F3N3O6/c30-29(31,32)26(37)16-11-13-18(14-12-16)35-23-10-2-1-7-21(23)24(27(35)38)34-33-22-9-4-8-20(25(22)36)17-5-3-6-19(15-17)41-28(39)40/h1-15,26,36-38H,(H,39,40). The fourth-order valence-electron chi connectivity index (χ4n) is 4.34. The summed E-state index contributed by atoms with van der Waals surface area (Å²) in [4.78, 5) is 10.9. The first-order valence-electron chi connectivity index (χ1n) is 12.0. The number of fused-ring (bicyclic) bond motifs is 1. The summed E-state index contributed by atoms with van der Waals surface area (Å²) in [5.41, 5.74) is 1.31. The number of benzene rings is 4. The van der Waals surface area contributed by atoms with Gasteiger partial charge in [0.1, 0.15) is 11.4 Å². The van der Waals surface area contributed by atoms with Gasteiger partial charge >= 0.3 is 12.3 Å². The summed E-state index contributed by atoms with van der Waals surface area (Å²) >= 11 is 0. The van der Waals surface area contributed by atoms with Crippen molar-refractivity contribution < 1.29 is 43.1 Å². The molecule has 1 aromatic heterocycles. The van der Waals surface area contributed by atoms with E-state index in [0.29, 0.717) is 27.7 Å². The van der Waals surface area contributed by atoms with Gasteiger partial charge in [0, 0.05) is 16.6 Å². The Morgan fingerprint density at radius 3 is 2.29 bits per heavy atom. The number of phenolic OH excluding ortho intramolecular Hbond substituents is 1. The molecule has 4 N–H and O–H groups in total. The highest BCUT2D eigenvalue weighted by molar-refractivity contribution is 5.96. The normalized spacial score (nSPS) is 12.6. The largest absolute Gasteiger partial charge is 0.511 e. The third kappa shape index (κ3) is 5.40. The molecular weight excluding hydrogens is 543 g/mol. The van der Waals surface area contributed by atoms with E-state index in [1.165, 1.54) is 34.9 Å². The number of hydrogen-bond acceptors (Lipinski definition) is 7. The molecule has 0 aliphatic rings. The third-order valence-electron chi connectivity index (χ3n) is 6.22. The second-order valence-electron chi connectivity index (χ2n) is 8.83. The monoisotopic (exact) mass is 563 g/mol. The topological polar surface area (TPSA) is 137 Å². The van der Waals surface area contributed by atoms with Crippen LogP contribution >= 0.6 is 0 Å². The lowest BCUT2D eigenvalue weighted by Gasteiger charge is -2.15. The van der Waals surface area contributed by atoms with Gasteiger partial charge in [-0.1, -0.05) is 54.6 Å². The zero-order valence-electron chi connectivity index (χ0n) is 20.8. The number of ether oxygens (including phenoxy) is 1. The number of aliphatic hydroxyl groups is 1. The number of aliphatic hydroxyl groups excluding tert-OH is 1. The first-order valence-corrected chi connectivity index (χ1v) is 12.0. The number of alkyl halides is 3. The van der Waals surface area contributed by atoms with Gasteiger partial charge in [-0.05, 0) is 47.5 Å². The predicted molar refractivity (Wildman–Crippen MR) is 142 cm³/mol. The minimum atomic E-state index is -4.82. The molecule has 4 aromatic carbocycles. The molecule has 0 saturated heterocycles. The van der Waals surface area contributed by atoms with Crippen LogP contribution in [0.2, 0.25) is 0 Å². The van der Waals surface area contributed by atoms with Crippen molar-refractivity contribution in [1.82, 2.24) is 4.57 Å². The molecule has 0 bridgehead atoms. The maximum absolute atomic E-state index is 12.9. The van der Waals surface area contributed by atoms with Gasteiger partial charge < -0.3 is 25.2 Å². The molecule has 1 atom stereocenters. The van der Waals surface area contributed by atoms with Gasteiger partial charge in [0.25, 0.3) is 0 Å². The van der Waals surface area contributed by atoms with Crippen molar-refractivity contribution in [2.75, 3.05) is 0 Å². The van der Waals surface area contributed by atoms with E-state index in [9.17, 15) is 33.3 Å². The first kappa shape index (κ1) is 27.2. The molecule has 41 heavy (non-hydrogen) atoms. The molecule has 5 aromatic rings. The number of carboxylic acid groups (broad SMARTS) is 1. The van der Waals surface area contributed by atoms with E-state index in [1.807, 2.05) is 0 Å². The van der Waals surface area contributed by atoms with Gasteiger partial charge in [-0.25, -0.2) is 4.79 Å². The number of aromatic hydroxyl groups is 2. The second kappa shape index (κ2) is 10.7. The minimum absolute atomic E-state index is 0.0432. The molecule has 1 unspecified atom stereocenters. The highest BCUT2D eigenvalue weighted by Crippen LogP contribution is 2.44. The van der Waals surface area contributed by atoms with Crippen molar-refractivity contribution in [3.05, 3.63) is 96.6 Å². The Bertz CT molecular complexity index is 1780. The number of carbonyl (C=O) groups is 1. The molecule has 9 nitrogen and oxygen atoms in total. The molecule has 0 amide bonds. The molecule has 0 aliphatic carbocycles. The SMILES string of the molecule is O=C(O)Oc1cccc(-c2cccc(N=Nc3c(O)n(-c4ccc(C(O)C(F)(F)F)cc4)c4ccccc34)c2O)c1. The highest BCUT2D eigenvalue weighted by atomic mass is 19.4. The predicted octanol–water partition coefficient (Wildman–Crippen LogP) is 7.78. The van der Waals surface area contributed by atoms with Gasteiger partial charge in [0.15, 0.2) is 17.5 Å². The van der Waals surface area contributed by atoms with Crippen molar-refractivity contribution in [3.63, 3.8) is 0 Å². The fraction of sp³-hybridized carbons (Fsp3) is 0.0690. The lowest BCUT2D eigenvalue weighted by molar-refractivity contribution is -0.206. The zero-order valence-corrected chi connectivity index (χ0v) is 20.8. The molecule has 1 heterocycles. The van der Waals surface area contributed by atoms with Gasteiger partial charge in [-0.15, -0.1) is 10.2 Å². The summed E-state index contributed by atoms with van der Waals surface area (Å²) in [6.45, 7) is 0. The van der Waals surface area contributed by atoms with Crippen LogP contribution in [0, 0.1) is 0 Å². The van der Waals surface area contributed by atoms with Crippen LogP contribution < -0.4 is 4.74 Å². The number of para-hydroxylation sites is 2. The Hall–Kier alpha value is -5.36. The third-order valence-corrected chi connectivity index (χ3v) is 6.22. The Balaban J connectivity index is 1.53. The van der Waals surface area contributed by atoms with Crippen molar-refractivity contribution in [1.29, 1.82) is 0 Å². The fourth-order valence-corrected chi connectivity index (χ4v) is 4.34. The number of halogens is 3. The Labute approximate surface area is 229 Å². The Morgan fingerprint density at radius 2 is 1.59 bits per heavy atom. The summed E-state index contributed by atoms with van der Waals surface area (Å²) < 4.78 is 44.8. The van der Waals surface area contributed by atoms with E-state index < -0.39 is 18.4 Å². The van der Waals surface area contributed by atoms with Crippen LogP contribution in [0.3, 0.4) is 0 Å². The summed E-state index contributed by atoms with van der Waals surface area (Å²) in [6.07, 6.45) is -8.95. The van der Waals surface area contributed by atoms with Crippen molar-refractivity contribution in [2.45, 2.75) is 12.3 Å². The number of hydrogen-bond donors (Lipinski definition) is 4. The smallest absolute Gasteiger partial charge is 0.505 e. The number of aromatic nitrogens is 1. The van der Waals surface area contributed by atoms with Crippen molar-refractivity contribution in [3.8, 4) is 34.2 Å². The summed E-state index contributed by atoms with van der Waals surface area (Å²) in [6, 6.07) is 22.4. The molecule has 0 saturated carbocycles. The average molecular weight is 563 g/mol. The summed E-state index contributed by atoms with van der Waals surface area (Å²) in [5, 5.41) is 49.2. The number of nitrogens with zero attached hydrogens (tertiary/aromatic N) is 3. The quantitative estimate of drug-likeness (QED) is 0.0946. The number of azo groups is 1. The Kier molecular flexibility index (Phi) is 7.08. The van der Waals surface area contributed by atoms with Crippen LogP contribution in [0.5, 0.6) is 17.4 Å². The molecule has 0 fully saturated rings. The molecule has 5 rings (SSSR count). The van der Waals surface area contributed by atoms with E-state index >= 15 is 0 Å². The lowest BCUT2D eigenvalue weighted by atomic mass is 10.0. The van der Waals surface area contributed by atoms with E-state index in [-0.39, 0.29) is 34.3 Å². The Morgan fingerprint density at radius 1 is 0.878 bits per heavy atom. The molecule has 208 valence electrons. The van der Waals surface area contributed by atoms with E-state index in [0.717, 1.165) is 12.1 Å². The van der Waals surface area contributed by atoms with Crippen LogP contribution in [0.25, 0.3) is 27.7 Å². The van der Waals surface area contributed by atoms with E-state index in [2.05, 4.69) is 15.0 Å². The highest BCUT2D eigenvalue weighted by Gasteiger charge is 2.39. The zero-order chi connectivity index (χ0) is 29.3. The van der Waals surface area contributed by atoms with Crippen molar-refractivity contribution in [2.24, 2.45) is 10.2 Å². The molecule has 0 spiro atoms. The number of rotatable bonds is 6. The minimum Gasteiger partial charge on any atom is -0.505 e. The van der Waals surface area contributed by atoms with Gasteiger partial charge in [-0.2, -0.15) is 13.2 Å². The van der Waals surface area contributed by atoms with Gasteiger partial charge in [0.2, 0.25) is 5.88 Å². The van der Waals surface area contributed by atoms with Gasteiger partial charge in [-0.3, -0.25) is 4.57 Å². The lowest BCUT2D eigenvalue weighted by Crippen LogP contribution is -2.20. The number of phenols is 1. The second-order valence-corrected chi connectivity index (χ2v) is 8.83. The van der Waals surface area contributed by atoms with Crippen LogP contribution in [-0.4, -0.2) is 37.3 Å². The maximum Gasteiger partial charge on any atom is 0.511 e. The van der Waals surface area contributed by atoms with Gasteiger partial charge in [0.05, 0.1) is 5.52 Å². The van der Waals surface area contributed by atoms with E-state index in [4.69, 9.17) is 5.11 Å². The average Bonchev–Trinajstić information content (AvgIpc) is 3.22. The first-order chi connectivity index (χ1) is 19.5. The van der Waals surface area contributed by atoms with E-state index in [1.54, 1.807) is 48.5 Å². The van der Waals surface area contributed by atoms with Crippen LogP contribution in [-0.2, 0) is 0 Å². The van der Waals surface area contributed by atoms with Crippen LogP contribution in [0.4, 0.5) is 29.3 Å². The van der Waals surface area contributed by atoms with Crippen molar-refractivity contribution >= 4 is 28.4 Å². The molecular formula is C29H20F3N3O6. The molecule has 12 heteroatoms.